The fourth-order valence-electron chi connectivity index (χ4n) is 3.79. The SMILES string of the molecule is CCCCn1c(CCC(=O)NCc2nnc3ccccn23)nc2cc(S(=O)(=O)N(C)C)ccc21. The number of rotatable bonds is 10. The number of fused-ring (bicyclic) bond motifs is 2. The van der Waals surface area contributed by atoms with Crippen LogP contribution >= 0.6 is 0 Å². The maximum absolute atomic E-state index is 12.6. The van der Waals surface area contributed by atoms with Crippen molar-refractivity contribution in [1.29, 1.82) is 0 Å². The van der Waals surface area contributed by atoms with E-state index in [2.05, 4.69) is 27.0 Å². The molecular formula is C23H29N7O3S. The van der Waals surface area contributed by atoms with Crippen LogP contribution < -0.4 is 5.32 Å². The standard InChI is InChI=1S/C23H29N7O3S/c1-4-5-13-29-19-10-9-17(34(32,33)28(2)3)15-18(19)25-20(29)11-12-23(31)24-16-22-27-26-21-8-6-7-14-30(21)22/h6-10,14-15H,4-5,11-13,16H2,1-3H3,(H,24,31). The van der Waals surface area contributed by atoms with Gasteiger partial charge in [-0.2, -0.15) is 0 Å². The van der Waals surface area contributed by atoms with Gasteiger partial charge in [-0.05, 0) is 36.8 Å². The summed E-state index contributed by atoms with van der Waals surface area (Å²) in [4.78, 5) is 17.5. The summed E-state index contributed by atoms with van der Waals surface area (Å²) in [6, 6.07) is 10.6. The molecular weight excluding hydrogens is 454 g/mol. The molecule has 0 aliphatic carbocycles. The maximum Gasteiger partial charge on any atom is 0.242 e. The predicted molar refractivity (Wildman–Crippen MR) is 129 cm³/mol. The topological polar surface area (TPSA) is 114 Å². The molecule has 180 valence electrons. The number of unbranched alkanes of at least 4 members (excludes halogenated alkanes) is 1. The molecule has 3 heterocycles. The second-order valence-electron chi connectivity index (χ2n) is 8.29. The number of benzene rings is 1. The summed E-state index contributed by atoms with van der Waals surface area (Å²) in [6.07, 6.45) is 4.54. The van der Waals surface area contributed by atoms with Gasteiger partial charge in [0.2, 0.25) is 15.9 Å². The third-order valence-corrected chi connectivity index (χ3v) is 7.53. The van der Waals surface area contributed by atoms with E-state index in [1.165, 1.54) is 18.4 Å². The van der Waals surface area contributed by atoms with Gasteiger partial charge in [-0.3, -0.25) is 9.20 Å². The van der Waals surface area contributed by atoms with Gasteiger partial charge in [-0.25, -0.2) is 17.7 Å². The largest absolute Gasteiger partial charge is 0.349 e. The van der Waals surface area contributed by atoms with Gasteiger partial charge in [0.15, 0.2) is 11.5 Å². The molecule has 0 fully saturated rings. The molecule has 0 unspecified atom stereocenters. The number of pyridine rings is 1. The minimum absolute atomic E-state index is 0.113. The molecule has 0 bridgehead atoms. The zero-order valence-corrected chi connectivity index (χ0v) is 20.4. The molecule has 4 rings (SSSR count). The number of hydrogen-bond donors (Lipinski definition) is 1. The quantitative estimate of drug-likeness (QED) is 0.370. The number of sulfonamides is 1. The third kappa shape index (κ3) is 4.80. The van der Waals surface area contributed by atoms with Crippen molar-refractivity contribution < 1.29 is 13.2 Å². The van der Waals surface area contributed by atoms with Crippen LogP contribution in [0.5, 0.6) is 0 Å². The Morgan fingerprint density at radius 2 is 1.94 bits per heavy atom. The number of hydrogen-bond acceptors (Lipinski definition) is 6. The minimum Gasteiger partial charge on any atom is -0.349 e. The van der Waals surface area contributed by atoms with Crippen LogP contribution in [0.1, 0.15) is 37.8 Å². The molecule has 10 nitrogen and oxygen atoms in total. The van der Waals surface area contributed by atoms with Crippen molar-refractivity contribution >= 4 is 32.6 Å². The average Bonchev–Trinajstić information content (AvgIpc) is 3.40. The lowest BCUT2D eigenvalue weighted by Crippen LogP contribution is -2.24. The Morgan fingerprint density at radius 3 is 2.71 bits per heavy atom. The van der Waals surface area contributed by atoms with E-state index in [0.717, 1.165) is 36.4 Å². The van der Waals surface area contributed by atoms with Crippen molar-refractivity contribution in [2.75, 3.05) is 14.1 Å². The molecule has 0 aliphatic rings. The van der Waals surface area contributed by atoms with E-state index >= 15 is 0 Å². The molecule has 34 heavy (non-hydrogen) atoms. The van der Waals surface area contributed by atoms with Crippen LogP contribution in [0.15, 0.2) is 47.5 Å². The first-order valence-corrected chi connectivity index (χ1v) is 12.7. The summed E-state index contributed by atoms with van der Waals surface area (Å²) in [5.74, 6) is 1.32. The van der Waals surface area contributed by atoms with Crippen molar-refractivity contribution in [2.24, 2.45) is 0 Å². The number of imidazole rings is 1. The second kappa shape index (κ2) is 9.90. The van der Waals surface area contributed by atoms with Gasteiger partial charge in [-0.1, -0.05) is 19.4 Å². The van der Waals surface area contributed by atoms with Crippen LogP contribution in [-0.2, 0) is 34.3 Å². The van der Waals surface area contributed by atoms with Gasteiger partial charge in [-0.15, -0.1) is 10.2 Å². The summed E-state index contributed by atoms with van der Waals surface area (Å²) in [5, 5.41) is 11.1. The van der Waals surface area contributed by atoms with Gasteiger partial charge in [0, 0.05) is 39.7 Å². The van der Waals surface area contributed by atoms with Crippen LogP contribution in [0, 0.1) is 0 Å². The highest BCUT2D eigenvalue weighted by Gasteiger charge is 2.20. The first-order chi connectivity index (χ1) is 16.3. The Morgan fingerprint density at radius 1 is 1.12 bits per heavy atom. The molecule has 4 aromatic rings. The van der Waals surface area contributed by atoms with Crippen LogP contribution in [0.2, 0.25) is 0 Å². The van der Waals surface area contributed by atoms with E-state index in [1.807, 2.05) is 28.8 Å². The lowest BCUT2D eigenvalue weighted by molar-refractivity contribution is -0.121. The molecule has 1 amide bonds. The maximum atomic E-state index is 12.6. The smallest absolute Gasteiger partial charge is 0.242 e. The number of carbonyl (C=O) groups is 1. The summed E-state index contributed by atoms with van der Waals surface area (Å²) in [6.45, 7) is 3.15. The highest BCUT2D eigenvalue weighted by Crippen LogP contribution is 2.23. The molecule has 0 radical (unpaired) electrons. The van der Waals surface area contributed by atoms with E-state index < -0.39 is 10.0 Å². The normalized spacial score (nSPS) is 12.1. The summed E-state index contributed by atoms with van der Waals surface area (Å²) in [7, 11) is -0.541. The van der Waals surface area contributed by atoms with E-state index in [0.29, 0.717) is 17.8 Å². The summed E-state index contributed by atoms with van der Waals surface area (Å²) < 4.78 is 30.2. The Hall–Kier alpha value is -3.31. The van der Waals surface area contributed by atoms with Crippen molar-refractivity contribution in [3.63, 3.8) is 0 Å². The number of aromatic nitrogens is 5. The number of aryl methyl sites for hydroxylation is 2. The fraction of sp³-hybridized carbons (Fsp3) is 0.391. The number of amides is 1. The zero-order valence-electron chi connectivity index (χ0n) is 19.6. The number of nitrogens with one attached hydrogen (secondary N) is 1. The highest BCUT2D eigenvalue weighted by molar-refractivity contribution is 7.89. The molecule has 0 saturated carbocycles. The lowest BCUT2D eigenvalue weighted by atomic mass is 10.2. The Kier molecular flexibility index (Phi) is 6.94. The monoisotopic (exact) mass is 483 g/mol. The van der Waals surface area contributed by atoms with Crippen LogP contribution in [-0.4, -0.2) is 56.9 Å². The number of carbonyl (C=O) groups excluding carboxylic acids is 1. The van der Waals surface area contributed by atoms with Crippen LogP contribution in [0.3, 0.4) is 0 Å². The minimum atomic E-state index is -3.55. The van der Waals surface area contributed by atoms with E-state index in [9.17, 15) is 13.2 Å². The van der Waals surface area contributed by atoms with Gasteiger partial charge in [0.05, 0.1) is 22.5 Å². The van der Waals surface area contributed by atoms with E-state index in [4.69, 9.17) is 4.98 Å². The third-order valence-electron chi connectivity index (χ3n) is 5.72. The van der Waals surface area contributed by atoms with Gasteiger partial charge < -0.3 is 9.88 Å². The molecule has 11 heteroatoms. The predicted octanol–water partition coefficient (Wildman–Crippen LogP) is 2.38. The second-order valence-corrected chi connectivity index (χ2v) is 10.4. The number of nitrogens with zero attached hydrogens (tertiary/aromatic N) is 6. The molecule has 1 aromatic carbocycles. The van der Waals surface area contributed by atoms with Crippen molar-refractivity contribution in [1.82, 2.24) is 33.8 Å². The van der Waals surface area contributed by atoms with E-state index in [1.54, 1.807) is 18.2 Å². The van der Waals surface area contributed by atoms with Crippen LogP contribution in [0.25, 0.3) is 16.7 Å². The molecule has 0 aliphatic heterocycles. The lowest BCUT2D eigenvalue weighted by Gasteiger charge is -2.11. The van der Waals surface area contributed by atoms with E-state index in [-0.39, 0.29) is 23.8 Å². The first-order valence-electron chi connectivity index (χ1n) is 11.3. The van der Waals surface area contributed by atoms with Gasteiger partial charge >= 0.3 is 0 Å². The molecule has 0 atom stereocenters. The van der Waals surface area contributed by atoms with Gasteiger partial charge in [0.1, 0.15) is 5.82 Å². The first kappa shape index (κ1) is 23.8. The highest BCUT2D eigenvalue weighted by atomic mass is 32.2. The van der Waals surface area contributed by atoms with Gasteiger partial charge in [0.25, 0.3) is 0 Å². The molecule has 0 saturated heterocycles. The Labute approximate surface area is 198 Å². The molecule has 1 N–H and O–H groups in total. The molecule has 3 aromatic heterocycles. The molecule has 0 spiro atoms. The average molecular weight is 484 g/mol. The van der Waals surface area contributed by atoms with Crippen molar-refractivity contribution in [3.8, 4) is 0 Å². The Bertz CT molecular complexity index is 1420. The summed E-state index contributed by atoms with van der Waals surface area (Å²) in [5.41, 5.74) is 2.22. The zero-order chi connectivity index (χ0) is 24.3. The van der Waals surface area contributed by atoms with Crippen molar-refractivity contribution in [2.45, 2.75) is 50.6 Å². The fourth-order valence-corrected chi connectivity index (χ4v) is 4.71. The van der Waals surface area contributed by atoms with Crippen molar-refractivity contribution in [3.05, 3.63) is 54.2 Å². The van der Waals surface area contributed by atoms with Crippen LogP contribution in [0.4, 0.5) is 0 Å². The summed E-state index contributed by atoms with van der Waals surface area (Å²) >= 11 is 0. The Balaban J connectivity index is 1.49.